The minimum absolute atomic E-state index is 0.0674. The fourth-order valence-electron chi connectivity index (χ4n) is 2.93. The lowest BCUT2D eigenvalue weighted by atomic mass is 9.90. The standard InChI is InChI=1S/C17H17N5O3/c1-17(2)11-6-10(4-5-12(11)20-16(24)21-17)22-8-9(7-18)13(19)14(22)15(23)25-3/h4-6,8H,19H2,1-3H3,(H2,20,21,24). The summed E-state index contributed by atoms with van der Waals surface area (Å²) in [6, 6.07) is 6.99. The molecule has 2 heterocycles. The van der Waals surface area contributed by atoms with E-state index in [0.717, 1.165) is 5.56 Å². The summed E-state index contributed by atoms with van der Waals surface area (Å²) < 4.78 is 6.31. The van der Waals surface area contributed by atoms with Crippen LogP contribution in [0.4, 0.5) is 16.2 Å². The van der Waals surface area contributed by atoms with Gasteiger partial charge in [0.25, 0.3) is 0 Å². The van der Waals surface area contributed by atoms with Crippen LogP contribution in [0.5, 0.6) is 0 Å². The van der Waals surface area contributed by atoms with Crippen molar-refractivity contribution in [3.8, 4) is 11.8 Å². The lowest BCUT2D eigenvalue weighted by Gasteiger charge is -2.34. The maximum Gasteiger partial charge on any atom is 0.357 e. The largest absolute Gasteiger partial charge is 0.464 e. The van der Waals surface area contributed by atoms with Crippen LogP contribution in [0, 0.1) is 11.3 Å². The molecule has 0 saturated carbocycles. The Hall–Kier alpha value is -3.47. The molecule has 0 saturated heterocycles. The third kappa shape index (κ3) is 2.55. The summed E-state index contributed by atoms with van der Waals surface area (Å²) in [5.41, 5.74) is 7.80. The molecule has 1 aliphatic heterocycles. The maximum absolute atomic E-state index is 12.1. The summed E-state index contributed by atoms with van der Waals surface area (Å²) in [4.78, 5) is 23.8. The van der Waals surface area contributed by atoms with Gasteiger partial charge in [0.2, 0.25) is 0 Å². The Bertz CT molecular complexity index is 936. The van der Waals surface area contributed by atoms with Crippen LogP contribution in [0.2, 0.25) is 0 Å². The minimum atomic E-state index is -0.637. The number of carbonyl (C=O) groups excluding carboxylic acids is 2. The van der Waals surface area contributed by atoms with Gasteiger partial charge in [0.1, 0.15) is 6.07 Å². The quantitative estimate of drug-likeness (QED) is 0.723. The number of rotatable bonds is 2. The predicted molar refractivity (Wildman–Crippen MR) is 91.4 cm³/mol. The number of benzene rings is 1. The highest BCUT2D eigenvalue weighted by atomic mass is 16.5. The number of hydrogen-bond acceptors (Lipinski definition) is 5. The molecule has 8 heteroatoms. The number of methoxy groups -OCH3 is 1. The number of aromatic nitrogens is 1. The third-order valence-electron chi connectivity index (χ3n) is 4.17. The van der Waals surface area contributed by atoms with E-state index in [1.54, 1.807) is 12.1 Å². The van der Waals surface area contributed by atoms with Crippen molar-refractivity contribution in [2.45, 2.75) is 19.4 Å². The normalized spacial score (nSPS) is 14.7. The molecule has 0 radical (unpaired) electrons. The number of esters is 1. The fourth-order valence-corrected chi connectivity index (χ4v) is 2.93. The maximum atomic E-state index is 12.1. The number of hydrogen-bond donors (Lipinski definition) is 3. The van der Waals surface area contributed by atoms with Gasteiger partial charge < -0.3 is 25.7 Å². The van der Waals surface area contributed by atoms with Crippen LogP contribution >= 0.6 is 0 Å². The van der Waals surface area contributed by atoms with Gasteiger partial charge in [-0.2, -0.15) is 5.26 Å². The summed E-state index contributed by atoms with van der Waals surface area (Å²) in [6.45, 7) is 3.75. The molecule has 128 valence electrons. The van der Waals surface area contributed by atoms with Crippen LogP contribution in [-0.2, 0) is 10.3 Å². The van der Waals surface area contributed by atoms with Gasteiger partial charge in [-0.15, -0.1) is 0 Å². The first-order valence-electron chi connectivity index (χ1n) is 7.52. The number of ether oxygens (including phenoxy) is 1. The number of carbonyl (C=O) groups is 2. The van der Waals surface area contributed by atoms with E-state index in [4.69, 9.17) is 10.5 Å². The number of amides is 2. The van der Waals surface area contributed by atoms with Crippen LogP contribution in [0.1, 0.15) is 35.5 Å². The van der Waals surface area contributed by atoms with Crippen molar-refractivity contribution in [2.75, 3.05) is 18.2 Å². The van der Waals surface area contributed by atoms with Crippen LogP contribution in [0.15, 0.2) is 24.4 Å². The Morgan fingerprint density at radius 2 is 2.12 bits per heavy atom. The molecule has 0 aliphatic carbocycles. The summed E-state index contributed by atoms with van der Waals surface area (Å²) in [5.74, 6) is -0.637. The van der Waals surface area contributed by atoms with Crippen LogP contribution < -0.4 is 16.4 Å². The SMILES string of the molecule is COC(=O)c1c(N)c(C#N)cn1-c1ccc2c(c1)C(C)(C)NC(=O)N2. The van der Waals surface area contributed by atoms with Crippen LogP contribution in [0.25, 0.3) is 5.69 Å². The predicted octanol–water partition coefficient (Wildman–Crippen LogP) is 2.09. The summed E-state index contributed by atoms with van der Waals surface area (Å²) in [7, 11) is 1.25. The lowest BCUT2D eigenvalue weighted by Crippen LogP contribution is -2.47. The summed E-state index contributed by atoms with van der Waals surface area (Å²) >= 11 is 0. The van der Waals surface area contributed by atoms with Gasteiger partial charge in [0.05, 0.1) is 23.9 Å². The topological polar surface area (TPSA) is 122 Å². The van der Waals surface area contributed by atoms with Crippen LogP contribution in [0.3, 0.4) is 0 Å². The number of nitriles is 1. The smallest absolute Gasteiger partial charge is 0.357 e. The van der Waals surface area contributed by atoms with Crippen molar-refractivity contribution in [3.63, 3.8) is 0 Å². The van der Waals surface area contributed by atoms with Gasteiger partial charge in [-0.05, 0) is 32.0 Å². The second-order valence-corrected chi connectivity index (χ2v) is 6.21. The van der Waals surface area contributed by atoms with E-state index in [0.29, 0.717) is 11.4 Å². The highest BCUT2D eigenvalue weighted by Crippen LogP contribution is 2.34. The molecule has 2 aromatic rings. The molecule has 1 aromatic heterocycles. The van der Waals surface area contributed by atoms with E-state index < -0.39 is 11.5 Å². The molecule has 0 bridgehead atoms. The monoisotopic (exact) mass is 339 g/mol. The molecule has 3 rings (SSSR count). The van der Waals surface area contributed by atoms with Gasteiger partial charge in [-0.25, -0.2) is 9.59 Å². The Kier molecular flexibility index (Phi) is 3.64. The molecule has 0 fully saturated rings. The van der Waals surface area contributed by atoms with Crippen molar-refractivity contribution >= 4 is 23.4 Å². The highest BCUT2D eigenvalue weighted by molar-refractivity contribution is 5.96. The zero-order valence-electron chi connectivity index (χ0n) is 14.0. The van der Waals surface area contributed by atoms with Gasteiger partial charge in [0.15, 0.2) is 5.69 Å². The van der Waals surface area contributed by atoms with E-state index in [-0.39, 0.29) is 23.0 Å². The fraction of sp³-hybridized carbons (Fsp3) is 0.235. The third-order valence-corrected chi connectivity index (χ3v) is 4.17. The van der Waals surface area contributed by atoms with E-state index in [1.807, 2.05) is 26.0 Å². The molecule has 1 aliphatic rings. The van der Waals surface area contributed by atoms with E-state index >= 15 is 0 Å². The highest BCUT2D eigenvalue weighted by Gasteiger charge is 2.31. The Labute approximate surface area is 144 Å². The van der Waals surface area contributed by atoms with E-state index in [2.05, 4.69) is 10.6 Å². The molecule has 0 unspecified atom stereocenters. The molecule has 0 atom stereocenters. The molecule has 0 spiro atoms. The van der Waals surface area contributed by atoms with Gasteiger partial charge >= 0.3 is 12.0 Å². The van der Waals surface area contributed by atoms with Crippen molar-refractivity contribution in [3.05, 3.63) is 41.2 Å². The molecule has 8 nitrogen and oxygen atoms in total. The van der Waals surface area contributed by atoms with Crippen molar-refractivity contribution < 1.29 is 14.3 Å². The zero-order chi connectivity index (χ0) is 18.4. The van der Waals surface area contributed by atoms with Crippen LogP contribution in [-0.4, -0.2) is 23.7 Å². The summed E-state index contributed by atoms with van der Waals surface area (Å²) in [5, 5.41) is 14.8. The second-order valence-electron chi connectivity index (χ2n) is 6.21. The molecule has 4 N–H and O–H groups in total. The van der Waals surface area contributed by atoms with Crippen molar-refractivity contribution in [1.29, 1.82) is 5.26 Å². The average Bonchev–Trinajstić information content (AvgIpc) is 2.89. The van der Waals surface area contributed by atoms with E-state index in [9.17, 15) is 14.9 Å². The van der Waals surface area contributed by atoms with Gasteiger partial charge in [-0.1, -0.05) is 0 Å². The van der Waals surface area contributed by atoms with Gasteiger partial charge in [-0.3, -0.25) is 0 Å². The van der Waals surface area contributed by atoms with Crippen molar-refractivity contribution in [1.82, 2.24) is 9.88 Å². The number of urea groups is 1. The Morgan fingerprint density at radius 3 is 2.76 bits per heavy atom. The average molecular weight is 339 g/mol. The first kappa shape index (κ1) is 16.4. The van der Waals surface area contributed by atoms with Gasteiger partial charge in [0, 0.05) is 23.1 Å². The molecular weight excluding hydrogens is 322 g/mol. The number of nitrogens with two attached hydrogens (primary N) is 1. The first-order valence-corrected chi connectivity index (χ1v) is 7.52. The van der Waals surface area contributed by atoms with Crippen molar-refractivity contribution in [2.24, 2.45) is 0 Å². The molecular formula is C17H17N5O3. The number of anilines is 2. The molecule has 2 amide bonds. The Balaban J connectivity index is 2.21. The Morgan fingerprint density at radius 1 is 1.40 bits per heavy atom. The van der Waals surface area contributed by atoms with E-state index in [1.165, 1.54) is 17.9 Å². The number of nitrogens with one attached hydrogen (secondary N) is 2. The second kappa shape index (κ2) is 5.56. The summed E-state index contributed by atoms with van der Waals surface area (Å²) in [6.07, 6.45) is 1.49. The molecule has 1 aromatic carbocycles. The number of nitrogen functional groups attached to an aromatic ring is 1. The number of nitrogens with zero attached hydrogens (tertiary/aromatic N) is 2. The first-order chi connectivity index (χ1) is 11.8. The lowest BCUT2D eigenvalue weighted by molar-refractivity contribution is 0.0593. The zero-order valence-corrected chi connectivity index (χ0v) is 14.0. The molecule has 25 heavy (non-hydrogen) atoms. The minimum Gasteiger partial charge on any atom is -0.464 e. The number of fused-ring (bicyclic) bond motifs is 1.